The van der Waals surface area contributed by atoms with Crippen molar-refractivity contribution >= 4 is 5.78 Å². The summed E-state index contributed by atoms with van der Waals surface area (Å²) in [6.45, 7) is 8.31. The molecule has 1 radical (unpaired) electrons. The number of carbonyl (C=O) groups excluding carboxylic acids is 1. The Kier molecular flexibility index (Phi) is 3.33. The van der Waals surface area contributed by atoms with Gasteiger partial charge in [-0.25, -0.2) is 0 Å². The number of rotatable bonds is 1. The SMILES string of the molecule is CC(=O)C12C(C)C1[C-](C)C(C)N2C.[Y]. The first-order valence-electron chi connectivity index (χ1n) is 5.03. The molecule has 0 N–H and O–H groups in total. The molecule has 4 atom stereocenters. The third-order valence-corrected chi connectivity index (χ3v) is 4.44. The summed E-state index contributed by atoms with van der Waals surface area (Å²) in [5.74, 6) is 2.90. The summed E-state index contributed by atoms with van der Waals surface area (Å²) >= 11 is 0. The first-order valence-corrected chi connectivity index (χ1v) is 5.03. The van der Waals surface area contributed by atoms with Crippen molar-refractivity contribution < 1.29 is 37.5 Å². The Morgan fingerprint density at radius 1 is 1.43 bits per heavy atom. The fraction of sp³-hybridized carbons (Fsp3) is 0.818. The van der Waals surface area contributed by atoms with Crippen LogP contribution in [0.2, 0.25) is 0 Å². The van der Waals surface area contributed by atoms with Gasteiger partial charge in [-0.05, 0) is 19.9 Å². The smallest absolute Gasteiger partial charge is 0.147 e. The third kappa shape index (κ3) is 1.17. The summed E-state index contributed by atoms with van der Waals surface area (Å²) in [7, 11) is 2.08. The molecule has 0 bridgehead atoms. The molecule has 1 aliphatic heterocycles. The Balaban J connectivity index is 0.000000980. The van der Waals surface area contributed by atoms with Crippen LogP contribution >= 0.6 is 0 Å². The summed E-state index contributed by atoms with van der Waals surface area (Å²) in [6.07, 6.45) is 0. The normalized spacial score (nSPS) is 47.1. The Morgan fingerprint density at radius 3 is 2.21 bits per heavy atom. The number of hydrogen-bond acceptors (Lipinski definition) is 2. The number of carbonyl (C=O) groups is 1. The van der Waals surface area contributed by atoms with Crippen LogP contribution in [0.4, 0.5) is 0 Å². The van der Waals surface area contributed by atoms with Crippen LogP contribution in [0.5, 0.6) is 0 Å². The molecule has 0 aromatic heterocycles. The Labute approximate surface area is 112 Å². The molecule has 2 nitrogen and oxygen atoms in total. The number of Topliss-reactive ketones (excluding diaryl/α,β-unsaturated/α-hetero) is 1. The Hall–Kier alpha value is 0.734. The Morgan fingerprint density at radius 2 is 1.93 bits per heavy atom. The molecule has 1 saturated heterocycles. The minimum atomic E-state index is -0.122. The number of nitrogens with zero attached hydrogens (tertiary/aromatic N) is 1. The van der Waals surface area contributed by atoms with Gasteiger partial charge in [-0.3, -0.25) is 10.7 Å². The summed E-state index contributed by atoms with van der Waals surface area (Å²) in [4.78, 5) is 13.9. The minimum Gasteiger partial charge on any atom is -0.323 e. The van der Waals surface area contributed by atoms with Crippen molar-refractivity contribution in [3.63, 3.8) is 0 Å². The second-order valence-electron chi connectivity index (χ2n) is 4.68. The zero-order chi connectivity index (χ0) is 9.96. The number of likely N-dealkylation sites (N-methyl/N-ethyl adjacent to an activating group) is 1. The largest absolute Gasteiger partial charge is 0.323 e. The summed E-state index contributed by atoms with van der Waals surface area (Å²) in [6, 6.07) is 0.477. The van der Waals surface area contributed by atoms with Crippen molar-refractivity contribution in [3.05, 3.63) is 5.92 Å². The van der Waals surface area contributed by atoms with Gasteiger partial charge in [0.2, 0.25) is 0 Å². The summed E-state index contributed by atoms with van der Waals surface area (Å²) in [5.41, 5.74) is -0.122. The molecule has 2 fully saturated rings. The van der Waals surface area contributed by atoms with E-state index in [0.29, 0.717) is 23.7 Å². The number of ketones is 1. The zero-order valence-electron chi connectivity index (χ0n) is 9.66. The van der Waals surface area contributed by atoms with Crippen molar-refractivity contribution in [1.82, 2.24) is 4.90 Å². The average Bonchev–Trinajstić information content (AvgIpc) is 2.62. The van der Waals surface area contributed by atoms with E-state index >= 15 is 0 Å². The zero-order valence-corrected chi connectivity index (χ0v) is 12.5. The minimum absolute atomic E-state index is 0. The standard InChI is InChI=1S/C11H18NO.Y/c1-6-8(3)12(5)11(9(4)13)7(2)10(6)11;/h7-8,10H,1-5H3;/q-1;. The molecule has 0 amide bonds. The van der Waals surface area contributed by atoms with Gasteiger partial charge in [0.15, 0.2) is 0 Å². The van der Waals surface area contributed by atoms with E-state index in [0.717, 1.165) is 0 Å². The van der Waals surface area contributed by atoms with Crippen molar-refractivity contribution in [2.24, 2.45) is 11.8 Å². The molecule has 2 rings (SSSR count). The molecular formula is C11H18NOY-. The van der Waals surface area contributed by atoms with Crippen LogP contribution in [-0.4, -0.2) is 29.3 Å². The molecule has 2 aliphatic rings. The maximum Gasteiger partial charge on any atom is 0.147 e. The molecule has 1 aliphatic carbocycles. The number of fused-ring (bicyclic) bond motifs is 1. The summed E-state index contributed by atoms with van der Waals surface area (Å²) < 4.78 is 0. The molecule has 0 aromatic rings. The van der Waals surface area contributed by atoms with Crippen LogP contribution in [0.3, 0.4) is 0 Å². The maximum atomic E-state index is 11.7. The van der Waals surface area contributed by atoms with Crippen molar-refractivity contribution in [2.45, 2.75) is 39.3 Å². The van der Waals surface area contributed by atoms with Crippen LogP contribution in [0.15, 0.2) is 0 Å². The predicted molar refractivity (Wildman–Crippen MR) is 52.2 cm³/mol. The molecule has 4 unspecified atom stereocenters. The molecule has 77 valence electrons. The fourth-order valence-electron chi connectivity index (χ4n) is 3.50. The molecule has 0 aromatic carbocycles. The van der Waals surface area contributed by atoms with E-state index in [2.05, 4.69) is 32.7 Å². The number of likely N-dealkylation sites (tertiary alicyclic amines) is 1. The van der Waals surface area contributed by atoms with Crippen molar-refractivity contribution in [2.75, 3.05) is 7.05 Å². The average molecular weight is 269 g/mol. The van der Waals surface area contributed by atoms with E-state index in [4.69, 9.17) is 0 Å². The van der Waals surface area contributed by atoms with Crippen LogP contribution in [0, 0.1) is 17.8 Å². The van der Waals surface area contributed by atoms with E-state index in [1.807, 2.05) is 0 Å². The maximum absolute atomic E-state index is 11.7. The summed E-state index contributed by atoms with van der Waals surface area (Å²) in [5, 5.41) is 0. The van der Waals surface area contributed by atoms with Gasteiger partial charge in [-0.2, -0.15) is 6.92 Å². The van der Waals surface area contributed by atoms with E-state index in [-0.39, 0.29) is 38.2 Å². The van der Waals surface area contributed by atoms with E-state index in [1.54, 1.807) is 6.92 Å². The first-order chi connectivity index (χ1) is 5.95. The van der Waals surface area contributed by atoms with E-state index < -0.39 is 0 Å². The Bertz CT molecular complexity index is 264. The molecular weight excluding hydrogens is 251 g/mol. The molecule has 3 heteroatoms. The molecule has 0 spiro atoms. The van der Waals surface area contributed by atoms with E-state index in [1.165, 1.54) is 5.92 Å². The van der Waals surface area contributed by atoms with Gasteiger partial charge >= 0.3 is 0 Å². The third-order valence-electron chi connectivity index (χ3n) is 4.44. The number of piperidine rings is 1. The topological polar surface area (TPSA) is 20.3 Å². The van der Waals surface area contributed by atoms with Crippen molar-refractivity contribution in [1.29, 1.82) is 0 Å². The number of hydrogen-bond donors (Lipinski definition) is 0. The van der Waals surface area contributed by atoms with Gasteiger partial charge in [-0.15, -0.1) is 12.0 Å². The second-order valence-corrected chi connectivity index (χ2v) is 4.68. The van der Waals surface area contributed by atoms with Crippen LogP contribution in [0.25, 0.3) is 0 Å². The monoisotopic (exact) mass is 269 g/mol. The van der Waals surface area contributed by atoms with Gasteiger partial charge in [0.1, 0.15) is 5.78 Å². The van der Waals surface area contributed by atoms with Gasteiger partial charge in [-0.1, -0.05) is 13.8 Å². The molecule has 1 saturated carbocycles. The fourth-order valence-corrected chi connectivity index (χ4v) is 3.50. The van der Waals surface area contributed by atoms with Crippen LogP contribution in [0.1, 0.15) is 27.7 Å². The van der Waals surface area contributed by atoms with Gasteiger partial charge < -0.3 is 4.90 Å². The molecule has 14 heavy (non-hydrogen) atoms. The van der Waals surface area contributed by atoms with Gasteiger partial charge in [0.25, 0.3) is 0 Å². The quantitative estimate of drug-likeness (QED) is 0.672. The second kappa shape index (κ2) is 3.64. The van der Waals surface area contributed by atoms with Gasteiger partial charge in [0, 0.05) is 32.7 Å². The predicted octanol–water partition coefficient (Wildman–Crippen LogP) is 1.51. The van der Waals surface area contributed by atoms with E-state index in [9.17, 15) is 4.79 Å². The van der Waals surface area contributed by atoms with Gasteiger partial charge in [0.05, 0.1) is 5.54 Å². The molecule has 1 heterocycles. The van der Waals surface area contributed by atoms with Crippen LogP contribution in [-0.2, 0) is 37.5 Å². The van der Waals surface area contributed by atoms with Crippen molar-refractivity contribution in [3.8, 4) is 0 Å². The van der Waals surface area contributed by atoms with Crippen LogP contribution < -0.4 is 0 Å². The first kappa shape index (κ1) is 12.8.